The third-order valence-electron chi connectivity index (χ3n) is 3.47. The predicted octanol–water partition coefficient (Wildman–Crippen LogP) is 3.37. The van der Waals surface area contributed by atoms with Crippen LogP contribution in [0.15, 0.2) is 46.9 Å². The molecule has 5 heteroatoms. The van der Waals surface area contributed by atoms with Crippen LogP contribution in [0, 0.1) is 5.82 Å². The molecule has 0 radical (unpaired) electrons. The number of para-hydroxylation sites is 1. The monoisotopic (exact) mass is 353 g/mol. The first kappa shape index (κ1) is 15.9. The molecular weight excluding hydrogens is 337 g/mol. The second-order valence-electron chi connectivity index (χ2n) is 4.66. The number of methoxy groups -OCH3 is 1. The van der Waals surface area contributed by atoms with Gasteiger partial charge in [-0.1, -0.05) is 40.2 Å². The molecular formula is C16H17BrFNO2. The molecule has 2 rings (SSSR count). The van der Waals surface area contributed by atoms with Gasteiger partial charge in [-0.05, 0) is 18.2 Å². The van der Waals surface area contributed by atoms with Crippen LogP contribution in [0.3, 0.4) is 0 Å². The van der Waals surface area contributed by atoms with Crippen molar-refractivity contribution in [2.45, 2.75) is 12.0 Å². The molecule has 3 N–H and O–H groups in total. The Kier molecular flexibility index (Phi) is 5.33. The molecule has 21 heavy (non-hydrogen) atoms. The largest absolute Gasteiger partial charge is 0.496 e. The Bertz CT molecular complexity index is 601. The Hall–Kier alpha value is -1.43. The Balaban J connectivity index is 2.46. The van der Waals surface area contributed by atoms with Crippen LogP contribution in [0.1, 0.15) is 23.1 Å². The summed E-state index contributed by atoms with van der Waals surface area (Å²) in [5, 5.41) is 10.6. The van der Waals surface area contributed by atoms with E-state index >= 15 is 0 Å². The van der Waals surface area contributed by atoms with Crippen LogP contribution in [-0.4, -0.2) is 18.8 Å². The lowest BCUT2D eigenvalue weighted by Crippen LogP contribution is -2.22. The van der Waals surface area contributed by atoms with Gasteiger partial charge < -0.3 is 15.6 Å². The van der Waals surface area contributed by atoms with E-state index in [0.29, 0.717) is 10.2 Å². The van der Waals surface area contributed by atoms with E-state index in [1.807, 2.05) is 18.2 Å². The van der Waals surface area contributed by atoms with Crippen molar-refractivity contribution in [3.8, 4) is 5.75 Å². The van der Waals surface area contributed by atoms with Gasteiger partial charge in [-0.3, -0.25) is 0 Å². The summed E-state index contributed by atoms with van der Waals surface area (Å²) in [5.74, 6) is -0.306. The highest BCUT2D eigenvalue weighted by molar-refractivity contribution is 9.10. The van der Waals surface area contributed by atoms with Gasteiger partial charge in [-0.15, -0.1) is 0 Å². The highest BCUT2D eigenvalue weighted by Gasteiger charge is 2.27. The van der Waals surface area contributed by atoms with Gasteiger partial charge in [0.15, 0.2) is 0 Å². The second-order valence-corrected chi connectivity index (χ2v) is 5.52. The van der Waals surface area contributed by atoms with Crippen LogP contribution < -0.4 is 10.5 Å². The Morgan fingerprint density at radius 2 is 1.95 bits per heavy atom. The van der Waals surface area contributed by atoms with Crippen molar-refractivity contribution in [3.05, 3.63) is 63.9 Å². The van der Waals surface area contributed by atoms with Crippen molar-refractivity contribution < 1.29 is 14.2 Å². The van der Waals surface area contributed by atoms with E-state index in [1.165, 1.54) is 6.07 Å². The summed E-state index contributed by atoms with van der Waals surface area (Å²) >= 11 is 3.28. The Morgan fingerprint density at radius 1 is 1.24 bits per heavy atom. The molecule has 0 fully saturated rings. The fourth-order valence-corrected chi connectivity index (χ4v) is 2.97. The normalized spacial score (nSPS) is 13.8. The minimum absolute atomic E-state index is 0.169. The van der Waals surface area contributed by atoms with E-state index in [-0.39, 0.29) is 12.1 Å². The third-order valence-corrected chi connectivity index (χ3v) is 4.16. The standard InChI is InChI=1S/C16H17BrFNO2/c1-21-14-8-3-2-5-10(14)11(9-19)16(20)15-12(17)6-4-7-13(15)18/h2-8,11,16,20H,9,19H2,1H3. The lowest BCUT2D eigenvalue weighted by atomic mass is 9.88. The maximum Gasteiger partial charge on any atom is 0.130 e. The summed E-state index contributed by atoms with van der Waals surface area (Å²) in [6, 6.07) is 11.9. The molecule has 0 bridgehead atoms. The molecule has 0 spiro atoms. The fourth-order valence-electron chi connectivity index (χ4n) is 2.39. The average Bonchev–Trinajstić information content (AvgIpc) is 2.48. The fraction of sp³-hybridized carbons (Fsp3) is 0.250. The van der Waals surface area contributed by atoms with Gasteiger partial charge in [0, 0.05) is 28.1 Å². The van der Waals surface area contributed by atoms with Crippen LogP contribution in [0.2, 0.25) is 0 Å². The van der Waals surface area contributed by atoms with E-state index in [2.05, 4.69) is 15.9 Å². The van der Waals surface area contributed by atoms with E-state index in [1.54, 1.807) is 25.3 Å². The molecule has 0 aliphatic rings. The molecule has 2 aromatic rings. The molecule has 0 aromatic heterocycles. The number of rotatable bonds is 5. The zero-order chi connectivity index (χ0) is 15.4. The van der Waals surface area contributed by atoms with Gasteiger partial charge in [-0.2, -0.15) is 0 Å². The summed E-state index contributed by atoms with van der Waals surface area (Å²) in [5.41, 5.74) is 6.78. The Labute approximate surface area is 131 Å². The summed E-state index contributed by atoms with van der Waals surface area (Å²) in [7, 11) is 1.55. The summed E-state index contributed by atoms with van der Waals surface area (Å²) in [6.45, 7) is 0.169. The SMILES string of the molecule is COc1ccccc1C(CN)C(O)c1c(F)cccc1Br. The van der Waals surface area contributed by atoms with Crippen molar-refractivity contribution in [1.29, 1.82) is 0 Å². The quantitative estimate of drug-likeness (QED) is 0.866. The number of aliphatic hydroxyl groups excluding tert-OH is 1. The number of halogens is 2. The van der Waals surface area contributed by atoms with Crippen molar-refractivity contribution in [2.75, 3.05) is 13.7 Å². The number of aliphatic hydroxyl groups is 1. The number of hydrogen-bond acceptors (Lipinski definition) is 3. The van der Waals surface area contributed by atoms with Crippen molar-refractivity contribution in [3.63, 3.8) is 0 Å². The summed E-state index contributed by atoms with van der Waals surface area (Å²) in [4.78, 5) is 0. The molecule has 0 amide bonds. The zero-order valence-corrected chi connectivity index (χ0v) is 13.2. The van der Waals surface area contributed by atoms with Crippen LogP contribution in [-0.2, 0) is 0 Å². The van der Waals surface area contributed by atoms with E-state index in [4.69, 9.17) is 10.5 Å². The predicted molar refractivity (Wildman–Crippen MR) is 83.8 cm³/mol. The summed E-state index contributed by atoms with van der Waals surface area (Å²) < 4.78 is 19.9. The molecule has 0 saturated heterocycles. The third kappa shape index (κ3) is 3.26. The molecule has 0 aliphatic carbocycles. The minimum atomic E-state index is -1.07. The highest BCUT2D eigenvalue weighted by atomic mass is 79.9. The van der Waals surface area contributed by atoms with E-state index < -0.39 is 17.8 Å². The smallest absolute Gasteiger partial charge is 0.130 e. The lowest BCUT2D eigenvalue weighted by Gasteiger charge is -2.25. The van der Waals surface area contributed by atoms with Crippen LogP contribution in [0.5, 0.6) is 5.75 Å². The summed E-state index contributed by atoms with van der Waals surface area (Å²) in [6.07, 6.45) is -1.07. The van der Waals surface area contributed by atoms with Crippen molar-refractivity contribution in [1.82, 2.24) is 0 Å². The first-order chi connectivity index (χ1) is 10.1. The van der Waals surface area contributed by atoms with Gasteiger partial charge in [0.05, 0.1) is 13.2 Å². The van der Waals surface area contributed by atoms with Crippen LogP contribution in [0.4, 0.5) is 4.39 Å². The van der Waals surface area contributed by atoms with Gasteiger partial charge in [-0.25, -0.2) is 4.39 Å². The van der Waals surface area contributed by atoms with Gasteiger partial charge in [0.1, 0.15) is 11.6 Å². The van der Waals surface area contributed by atoms with Gasteiger partial charge in [0.25, 0.3) is 0 Å². The maximum atomic E-state index is 14.0. The molecule has 2 atom stereocenters. The lowest BCUT2D eigenvalue weighted by molar-refractivity contribution is 0.141. The Morgan fingerprint density at radius 3 is 2.57 bits per heavy atom. The van der Waals surface area contributed by atoms with Crippen LogP contribution in [0.25, 0.3) is 0 Å². The number of nitrogens with two attached hydrogens (primary N) is 1. The molecule has 3 nitrogen and oxygen atoms in total. The number of ether oxygens (including phenoxy) is 1. The van der Waals surface area contributed by atoms with E-state index in [0.717, 1.165) is 5.56 Å². The molecule has 112 valence electrons. The first-order valence-electron chi connectivity index (χ1n) is 6.55. The molecule has 0 aliphatic heterocycles. The van der Waals surface area contributed by atoms with Crippen molar-refractivity contribution in [2.24, 2.45) is 5.73 Å². The second kappa shape index (κ2) is 7.02. The molecule has 2 unspecified atom stereocenters. The number of benzene rings is 2. The van der Waals surface area contributed by atoms with Gasteiger partial charge >= 0.3 is 0 Å². The topological polar surface area (TPSA) is 55.5 Å². The van der Waals surface area contributed by atoms with Crippen molar-refractivity contribution >= 4 is 15.9 Å². The average molecular weight is 354 g/mol. The zero-order valence-electron chi connectivity index (χ0n) is 11.6. The van der Waals surface area contributed by atoms with E-state index in [9.17, 15) is 9.50 Å². The minimum Gasteiger partial charge on any atom is -0.496 e. The van der Waals surface area contributed by atoms with Gasteiger partial charge in [0.2, 0.25) is 0 Å². The maximum absolute atomic E-state index is 14.0. The van der Waals surface area contributed by atoms with Crippen LogP contribution >= 0.6 is 15.9 Å². The molecule has 0 saturated carbocycles. The molecule has 2 aromatic carbocycles. The molecule has 0 heterocycles. The number of hydrogen-bond donors (Lipinski definition) is 2. The highest BCUT2D eigenvalue weighted by Crippen LogP contribution is 2.38. The first-order valence-corrected chi connectivity index (χ1v) is 7.34.